The molecule has 0 atom stereocenters. The molecule has 1 fully saturated rings. The minimum atomic E-state index is -0.373. The molecule has 0 radical (unpaired) electrons. The second-order valence-electron chi connectivity index (χ2n) is 5.65. The molecule has 1 rings (SSSR count). The topological polar surface area (TPSA) is 43.4 Å². The third-order valence-corrected chi connectivity index (χ3v) is 3.59. The van der Waals surface area contributed by atoms with E-state index in [-0.39, 0.29) is 11.6 Å². The Bertz CT molecular complexity index is 258. The van der Waals surface area contributed by atoms with Crippen LogP contribution in [0.5, 0.6) is 0 Å². The van der Waals surface area contributed by atoms with Gasteiger partial charge in [0.05, 0.1) is 0 Å². The molecule has 0 aromatic carbocycles. The quantitative estimate of drug-likeness (QED) is 0.547. The molecule has 0 amide bonds. The molecule has 0 unspecified atom stereocenters. The van der Waals surface area contributed by atoms with Gasteiger partial charge in [-0.1, -0.05) is 13.8 Å². The first kappa shape index (κ1) is 13.2. The molecule has 0 aromatic heterocycles. The molecule has 1 aliphatic rings. The first-order valence-electron chi connectivity index (χ1n) is 6.02. The van der Waals surface area contributed by atoms with Gasteiger partial charge in [0.15, 0.2) is 0 Å². The van der Waals surface area contributed by atoms with E-state index in [4.69, 9.17) is 4.74 Å². The van der Waals surface area contributed by atoms with Crippen LogP contribution in [0.4, 0.5) is 0 Å². The lowest BCUT2D eigenvalue weighted by Crippen LogP contribution is -2.40. The van der Waals surface area contributed by atoms with Gasteiger partial charge in [-0.05, 0) is 37.5 Å². The van der Waals surface area contributed by atoms with Gasteiger partial charge in [-0.3, -0.25) is 4.79 Å². The van der Waals surface area contributed by atoms with Crippen LogP contribution in [0.25, 0.3) is 0 Å². The summed E-state index contributed by atoms with van der Waals surface area (Å²) in [5.41, 5.74) is -0.0346. The zero-order valence-electron chi connectivity index (χ0n) is 10.5. The summed E-state index contributed by atoms with van der Waals surface area (Å²) < 4.78 is 5.48. The maximum absolute atomic E-state index is 11.1. The number of carbonyl (C=O) groups is 2. The summed E-state index contributed by atoms with van der Waals surface area (Å²) in [6.07, 6.45) is 5.93. The number of aldehydes is 1. The molecule has 1 saturated carbocycles. The molecule has 0 heterocycles. The highest BCUT2D eigenvalue weighted by Crippen LogP contribution is 2.44. The lowest BCUT2D eigenvalue weighted by atomic mass is 9.69. The van der Waals surface area contributed by atoms with Crippen molar-refractivity contribution in [1.82, 2.24) is 0 Å². The molecule has 0 aromatic rings. The number of hydrogen-bond donors (Lipinski definition) is 0. The first-order chi connectivity index (χ1) is 7.39. The Morgan fingerprint density at radius 2 is 1.81 bits per heavy atom. The molecule has 0 spiro atoms. The van der Waals surface area contributed by atoms with E-state index in [0.717, 1.165) is 32.0 Å². The summed E-state index contributed by atoms with van der Waals surface area (Å²) in [5, 5.41) is 0. The Labute approximate surface area is 97.5 Å². The van der Waals surface area contributed by atoms with Crippen LogP contribution in [0.15, 0.2) is 0 Å². The maximum atomic E-state index is 11.1. The molecule has 0 bridgehead atoms. The Hall–Kier alpha value is -0.860. The van der Waals surface area contributed by atoms with E-state index < -0.39 is 0 Å². The van der Waals surface area contributed by atoms with Gasteiger partial charge < -0.3 is 9.53 Å². The van der Waals surface area contributed by atoms with Crippen molar-refractivity contribution < 1.29 is 14.3 Å². The van der Waals surface area contributed by atoms with Crippen molar-refractivity contribution in [3.05, 3.63) is 0 Å². The van der Waals surface area contributed by atoms with Crippen molar-refractivity contribution in [2.45, 2.75) is 64.9 Å². The largest absolute Gasteiger partial charge is 0.459 e. The van der Waals surface area contributed by atoms with E-state index in [2.05, 4.69) is 13.8 Å². The SMILES string of the molecule is CC(=O)OC1(CCC=O)CCC(C)(C)CC1. The molecular formula is C13H22O3. The van der Waals surface area contributed by atoms with E-state index in [1.54, 1.807) is 0 Å². The van der Waals surface area contributed by atoms with Crippen LogP contribution in [0.2, 0.25) is 0 Å². The molecule has 0 saturated heterocycles. The summed E-state index contributed by atoms with van der Waals surface area (Å²) in [6, 6.07) is 0. The van der Waals surface area contributed by atoms with Gasteiger partial charge in [-0.15, -0.1) is 0 Å². The van der Waals surface area contributed by atoms with Crippen molar-refractivity contribution >= 4 is 12.3 Å². The Balaban J connectivity index is 2.65. The minimum Gasteiger partial charge on any atom is -0.459 e. The summed E-state index contributed by atoms with van der Waals surface area (Å²) in [4.78, 5) is 21.6. The summed E-state index contributed by atoms with van der Waals surface area (Å²) in [7, 11) is 0. The number of ether oxygens (including phenoxy) is 1. The van der Waals surface area contributed by atoms with Gasteiger partial charge in [0.1, 0.15) is 11.9 Å². The average Bonchev–Trinajstić information content (AvgIpc) is 2.19. The zero-order valence-corrected chi connectivity index (χ0v) is 10.5. The maximum Gasteiger partial charge on any atom is 0.303 e. The highest BCUT2D eigenvalue weighted by atomic mass is 16.6. The van der Waals surface area contributed by atoms with Gasteiger partial charge in [0.25, 0.3) is 0 Å². The Kier molecular flexibility index (Phi) is 4.11. The highest BCUT2D eigenvalue weighted by Gasteiger charge is 2.40. The van der Waals surface area contributed by atoms with Crippen LogP contribution < -0.4 is 0 Å². The minimum absolute atomic E-state index is 0.231. The fourth-order valence-corrected chi connectivity index (χ4v) is 2.41. The third kappa shape index (κ3) is 3.62. The normalized spacial score (nSPS) is 22.4. The zero-order chi connectivity index (χ0) is 12.2. The summed E-state index contributed by atoms with van der Waals surface area (Å²) in [5.74, 6) is -0.231. The number of hydrogen-bond acceptors (Lipinski definition) is 3. The van der Waals surface area contributed by atoms with Gasteiger partial charge in [-0.2, -0.15) is 0 Å². The van der Waals surface area contributed by atoms with Crippen molar-refractivity contribution in [2.24, 2.45) is 5.41 Å². The van der Waals surface area contributed by atoms with Crippen LogP contribution >= 0.6 is 0 Å². The number of esters is 1. The summed E-state index contributed by atoms with van der Waals surface area (Å²) in [6.45, 7) is 5.93. The van der Waals surface area contributed by atoms with Crippen LogP contribution in [-0.2, 0) is 14.3 Å². The van der Waals surface area contributed by atoms with Crippen molar-refractivity contribution in [3.8, 4) is 0 Å². The van der Waals surface area contributed by atoms with Crippen LogP contribution in [0, 0.1) is 5.41 Å². The fourth-order valence-electron chi connectivity index (χ4n) is 2.41. The van der Waals surface area contributed by atoms with Gasteiger partial charge in [0, 0.05) is 13.3 Å². The molecule has 0 N–H and O–H groups in total. The van der Waals surface area contributed by atoms with Gasteiger partial charge in [0.2, 0.25) is 0 Å². The molecule has 16 heavy (non-hydrogen) atoms. The van der Waals surface area contributed by atoms with Crippen LogP contribution in [0.1, 0.15) is 59.3 Å². The number of carbonyl (C=O) groups excluding carboxylic acids is 2. The summed E-state index contributed by atoms with van der Waals surface area (Å²) >= 11 is 0. The van der Waals surface area contributed by atoms with Gasteiger partial charge in [-0.25, -0.2) is 0 Å². The van der Waals surface area contributed by atoms with E-state index in [0.29, 0.717) is 18.3 Å². The highest BCUT2D eigenvalue weighted by molar-refractivity contribution is 5.66. The smallest absolute Gasteiger partial charge is 0.303 e. The van der Waals surface area contributed by atoms with E-state index >= 15 is 0 Å². The lowest BCUT2D eigenvalue weighted by molar-refractivity contribution is -0.164. The van der Waals surface area contributed by atoms with Crippen molar-refractivity contribution in [2.75, 3.05) is 0 Å². The number of rotatable bonds is 4. The van der Waals surface area contributed by atoms with Crippen LogP contribution in [0.3, 0.4) is 0 Å². The molecule has 1 aliphatic carbocycles. The Morgan fingerprint density at radius 3 is 2.25 bits per heavy atom. The van der Waals surface area contributed by atoms with E-state index in [9.17, 15) is 9.59 Å². The second-order valence-corrected chi connectivity index (χ2v) is 5.65. The molecule has 3 nitrogen and oxygen atoms in total. The van der Waals surface area contributed by atoms with Crippen molar-refractivity contribution in [3.63, 3.8) is 0 Å². The molecule has 3 heteroatoms. The lowest BCUT2D eigenvalue weighted by Gasteiger charge is -2.42. The monoisotopic (exact) mass is 226 g/mol. The second kappa shape index (κ2) is 4.98. The van der Waals surface area contributed by atoms with E-state index in [1.807, 2.05) is 0 Å². The molecular weight excluding hydrogens is 204 g/mol. The third-order valence-electron chi connectivity index (χ3n) is 3.59. The molecule has 0 aliphatic heterocycles. The average molecular weight is 226 g/mol. The van der Waals surface area contributed by atoms with E-state index in [1.165, 1.54) is 6.92 Å². The fraction of sp³-hybridized carbons (Fsp3) is 0.846. The molecule has 92 valence electrons. The van der Waals surface area contributed by atoms with Crippen molar-refractivity contribution in [1.29, 1.82) is 0 Å². The van der Waals surface area contributed by atoms with Crippen LogP contribution in [-0.4, -0.2) is 17.9 Å². The standard InChI is InChI=1S/C13H22O3/c1-11(15)16-13(5-4-10-14)8-6-12(2,3)7-9-13/h10H,4-9H2,1-3H3. The predicted octanol–water partition coefficient (Wildman–Crippen LogP) is 2.87. The first-order valence-corrected chi connectivity index (χ1v) is 6.02. The van der Waals surface area contributed by atoms with Gasteiger partial charge >= 0.3 is 5.97 Å². The Morgan fingerprint density at radius 1 is 1.25 bits per heavy atom. The predicted molar refractivity (Wildman–Crippen MR) is 62.0 cm³/mol.